The van der Waals surface area contributed by atoms with Crippen molar-refractivity contribution in [2.45, 2.75) is 26.6 Å². The molecule has 2 aromatic carbocycles. The lowest BCUT2D eigenvalue weighted by Crippen LogP contribution is -2.38. The molecule has 3 rings (SSSR count). The normalized spacial score (nSPS) is 14.6. The van der Waals surface area contributed by atoms with E-state index < -0.39 is 0 Å². The maximum absolute atomic E-state index is 5.50. The third-order valence-electron chi connectivity index (χ3n) is 5.31. The van der Waals surface area contributed by atoms with Crippen LogP contribution in [0.4, 0.5) is 0 Å². The van der Waals surface area contributed by atoms with Crippen molar-refractivity contribution in [3.05, 3.63) is 65.2 Å². The number of aliphatic imine (C=N–C) groups is 1. The predicted octanol–water partition coefficient (Wildman–Crippen LogP) is 3.74. The molecule has 2 aromatic rings. The van der Waals surface area contributed by atoms with E-state index in [-0.39, 0.29) is 24.0 Å². The number of ether oxygens (including phenoxy) is 2. The first-order valence-electron chi connectivity index (χ1n) is 10.7. The maximum atomic E-state index is 5.50. The second-order valence-corrected chi connectivity index (χ2v) is 7.50. The molecule has 1 saturated heterocycles. The quantitative estimate of drug-likeness (QED) is 0.316. The predicted molar refractivity (Wildman–Crippen MR) is 137 cm³/mol. The summed E-state index contributed by atoms with van der Waals surface area (Å²) in [6, 6.07) is 16.7. The summed E-state index contributed by atoms with van der Waals surface area (Å²) in [4.78, 5) is 9.53. The van der Waals surface area contributed by atoms with Crippen molar-refractivity contribution in [2.24, 2.45) is 4.99 Å². The van der Waals surface area contributed by atoms with Gasteiger partial charge in [-0.05, 0) is 24.1 Å². The van der Waals surface area contributed by atoms with Gasteiger partial charge in [-0.25, -0.2) is 4.99 Å². The Morgan fingerprint density at radius 3 is 2.39 bits per heavy atom. The van der Waals surface area contributed by atoms with Crippen molar-refractivity contribution >= 4 is 29.9 Å². The molecule has 1 heterocycles. The van der Waals surface area contributed by atoms with E-state index in [9.17, 15) is 0 Å². The monoisotopic (exact) mass is 538 g/mol. The number of morpholine rings is 1. The summed E-state index contributed by atoms with van der Waals surface area (Å²) in [7, 11) is 3.77. The summed E-state index contributed by atoms with van der Waals surface area (Å²) >= 11 is 0. The standard InChI is InChI=1S/C24H34N4O2.HI/c1-4-25-24(27(2)18-22-11-7-8-12-23(22)29-3)26-17-20-9-5-6-10-21(20)19-28-13-15-30-16-14-28;/h5-12H,4,13-19H2,1-3H3,(H,25,26);1H. The molecule has 0 atom stereocenters. The summed E-state index contributed by atoms with van der Waals surface area (Å²) in [6.07, 6.45) is 0. The molecule has 0 unspecified atom stereocenters. The Kier molecular flexibility index (Phi) is 11.1. The van der Waals surface area contributed by atoms with E-state index in [1.54, 1.807) is 7.11 Å². The van der Waals surface area contributed by atoms with E-state index in [1.807, 2.05) is 18.2 Å². The summed E-state index contributed by atoms with van der Waals surface area (Å²) in [5.74, 6) is 1.79. The fraction of sp³-hybridized carbons (Fsp3) is 0.458. The van der Waals surface area contributed by atoms with Gasteiger partial charge in [0.25, 0.3) is 0 Å². The molecule has 0 spiro atoms. The van der Waals surface area contributed by atoms with E-state index >= 15 is 0 Å². The average Bonchev–Trinajstić information content (AvgIpc) is 2.78. The Morgan fingerprint density at radius 1 is 1.06 bits per heavy atom. The molecule has 0 saturated carbocycles. The zero-order valence-electron chi connectivity index (χ0n) is 18.8. The van der Waals surface area contributed by atoms with E-state index in [0.717, 1.165) is 63.2 Å². The summed E-state index contributed by atoms with van der Waals surface area (Å²) in [5.41, 5.74) is 3.75. The first-order chi connectivity index (χ1) is 14.7. The van der Waals surface area contributed by atoms with Crippen molar-refractivity contribution in [1.82, 2.24) is 15.1 Å². The van der Waals surface area contributed by atoms with Crippen molar-refractivity contribution in [2.75, 3.05) is 47.0 Å². The number of benzene rings is 2. The third kappa shape index (κ3) is 7.66. The Balaban J connectivity index is 0.00000341. The van der Waals surface area contributed by atoms with Crippen molar-refractivity contribution < 1.29 is 9.47 Å². The van der Waals surface area contributed by atoms with Crippen LogP contribution in [0.2, 0.25) is 0 Å². The summed E-state index contributed by atoms with van der Waals surface area (Å²) in [6.45, 7) is 8.86. The SMILES string of the molecule is CCNC(=NCc1ccccc1CN1CCOCC1)N(C)Cc1ccccc1OC.I. The molecule has 0 amide bonds. The zero-order valence-corrected chi connectivity index (χ0v) is 21.2. The van der Waals surface area contributed by atoms with Crippen LogP contribution in [0.5, 0.6) is 5.75 Å². The van der Waals surface area contributed by atoms with Crippen LogP contribution < -0.4 is 10.1 Å². The Bertz CT molecular complexity index is 825. The summed E-state index contributed by atoms with van der Waals surface area (Å²) < 4.78 is 11.0. The molecular formula is C24H35IN4O2. The number of halogens is 1. The molecule has 0 bridgehead atoms. The van der Waals surface area contributed by atoms with Gasteiger partial charge >= 0.3 is 0 Å². The highest BCUT2D eigenvalue weighted by atomic mass is 127. The molecular weight excluding hydrogens is 503 g/mol. The first kappa shape index (κ1) is 25.4. The van der Waals surface area contributed by atoms with E-state index in [4.69, 9.17) is 14.5 Å². The number of nitrogens with zero attached hydrogens (tertiary/aromatic N) is 3. The number of hydrogen-bond acceptors (Lipinski definition) is 4. The van der Waals surface area contributed by atoms with E-state index in [1.165, 1.54) is 11.1 Å². The lowest BCUT2D eigenvalue weighted by molar-refractivity contribution is 0.0341. The molecule has 170 valence electrons. The number of rotatable bonds is 8. The van der Waals surface area contributed by atoms with Crippen molar-refractivity contribution in [3.8, 4) is 5.75 Å². The molecule has 0 aromatic heterocycles. The number of para-hydroxylation sites is 1. The van der Waals surface area contributed by atoms with Gasteiger partial charge in [-0.3, -0.25) is 4.90 Å². The smallest absolute Gasteiger partial charge is 0.194 e. The zero-order chi connectivity index (χ0) is 21.2. The van der Waals surface area contributed by atoms with Gasteiger partial charge in [-0.1, -0.05) is 42.5 Å². The molecule has 31 heavy (non-hydrogen) atoms. The molecule has 1 aliphatic heterocycles. The lowest BCUT2D eigenvalue weighted by Gasteiger charge is -2.27. The molecule has 0 radical (unpaired) electrons. The van der Waals surface area contributed by atoms with Gasteiger partial charge < -0.3 is 19.7 Å². The first-order valence-corrected chi connectivity index (χ1v) is 10.7. The highest BCUT2D eigenvalue weighted by Gasteiger charge is 2.13. The van der Waals surface area contributed by atoms with Crippen molar-refractivity contribution in [3.63, 3.8) is 0 Å². The lowest BCUT2D eigenvalue weighted by atomic mass is 10.1. The Labute approximate surface area is 203 Å². The number of nitrogens with one attached hydrogen (secondary N) is 1. The third-order valence-corrected chi connectivity index (χ3v) is 5.31. The number of guanidine groups is 1. The van der Waals surface area contributed by atoms with Crippen LogP contribution in [0.1, 0.15) is 23.6 Å². The van der Waals surface area contributed by atoms with Crippen LogP contribution in [0.25, 0.3) is 0 Å². The highest BCUT2D eigenvalue weighted by Crippen LogP contribution is 2.19. The van der Waals surface area contributed by atoms with Crippen LogP contribution >= 0.6 is 24.0 Å². The molecule has 7 heteroatoms. The van der Waals surface area contributed by atoms with Crippen LogP contribution in [0.15, 0.2) is 53.5 Å². The van der Waals surface area contributed by atoms with Crippen LogP contribution in [-0.2, 0) is 24.4 Å². The topological polar surface area (TPSA) is 49.3 Å². The molecule has 1 aliphatic rings. The second kappa shape index (κ2) is 13.5. The minimum atomic E-state index is 0. The fourth-order valence-electron chi connectivity index (χ4n) is 3.66. The van der Waals surface area contributed by atoms with Crippen molar-refractivity contribution in [1.29, 1.82) is 0 Å². The van der Waals surface area contributed by atoms with Gasteiger partial charge in [0.05, 0.1) is 26.9 Å². The highest BCUT2D eigenvalue weighted by molar-refractivity contribution is 14.0. The van der Waals surface area contributed by atoms with Crippen LogP contribution in [0, 0.1) is 0 Å². The molecule has 1 fully saturated rings. The van der Waals surface area contributed by atoms with E-state index in [2.05, 4.69) is 59.4 Å². The number of hydrogen-bond donors (Lipinski definition) is 1. The maximum Gasteiger partial charge on any atom is 0.194 e. The fourth-order valence-corrected chi connectivity index (χ4v) is 3.66. The van der Waals surface area contributed by atoms with Gasteiger partial charge in [0, 0.05) is 45.3 Å². The van der Waals surface area contributed by atoms with E-state index in [0.29, 0.717) is 6.54 Å². The molecule has 1 N–H and O–H groups in total. The second-order valence-electron chi connectivity index (χ2n) is 7.50. The minimum Gasteiger partial charge on any atom is -0.496 e. The number of methoxy groups -OCH3 is 1. The van der Waals surface area contributed by atoms with Gasteiger partial charge in [0.2, 0.25) is 0 Å². The molecule has 6 nitrogen and oxygen atoms in total. The Hall–Kier alpha value is -1.84. The van der Waals surface area contributed by atoms with Crippen LogP contribution in [-0.4, -0.2) is 62.8 Å². The van der Waals surface area contributed by atoms with Gasteiger partial charge in [-0.2, -0.15) is 0 Å². The van der Waals surface area contributed by atoms with Gasteiger partial charge in [0.1, 0.15) is 5.75 Å². The average molecular weight is 538 g/mol. The van der Waals surface area contributed by atoms with Crippen LogP contribution in [0.3, 0.4) is 0 Å². The summed E-state index contributed by atoms with van der Waals surface area (Å²) in [5, 5.41) is 3.42. The minimum absolute atomic E-state index is 0. The Morgan fingerprint density at radius 2 is 1.71 bits per heavy atom. The molecule has 0 aliphatic carbocycles. The van der Waals surface area contributed by atoms with Gasteiger partial charge in [-0.15, -0.1) is 24.0 Å². The largest absolute Gasteiger partial charge is 0.496 e. The van der Waals surface area contributed by atoms with Gasteiger partial charge in [0.15, 0.2) is 5.96 Å².